The van der Waals surface area contributed by atoms with Gasteiger partial charge in [-0.25, -0.2) is 4.57 Å². The number of hydrogen-bond donors (Lipinski definition) is 3. The molecule has 0 aromatic heterocycles. The van der Waals surface area contributed by atoms with E-state index < -0.39 is 20.0 Å². The first-order valence-electron chi connectivity index (χ1n) is 22.9. The Morgan fingerprint density at radius 3 is 1.51 bits per heavy atom. The van der Waals surface area contributed by atoms with Crippen molar-refractivity contribution in [3.63, 3.8) is 0 Å². The van der Waals surface area contributed by atoms with Crippen LogP contribution in [0.5, 0.6) is 0 Å². The monoisotopic (exact) mass is 798 g/mol. The van der Waals surface area contributed by atoms with E-state index in [4.69, 9.17) is 9.05 Å². The number of quaternary nitrogens is 1. The van der Waals surface area contributed by atoms with Gasteiger partial charge in [-0.2, -0.15) is 0 Å². The minimum Gasteiger partial charge on any atom is -0.391 e. The zero-order chi connectivity index (χ0) is 40.7. The average Bonchev–Trinajstić information content (AvgIpc) is 3.13. The Bertz CT molecular complexity index is 995. The van der Waals surface area contributed by atoms with Crippen molar-refractivity contribution >= 4 is 13.7 Å². The number of likely N-dealkylation sites (N-methyl/N-ethyl adjacent to an activating group) is 1. The molecule has 3 unspecified atom stereocenters. The third-order valence-corrected chi connectivity index (χ3v) is 11.1. The number of carbonyl (C=O) groups is 1. The molecule has 0 aliphatic carbocycles. The largest absolute Gasteiger partial charge is 0.472 e. The van der Waals surface area contributed by atoms with Crippen molar-refractivity contribution < 1.29 is 32.9 Å². The Morgan fingerprint density at radius 2 is 1.04 bits per heavy atom. The van der Waals surface area contributed by atoms with Crippen LogP contribution in [0.2, 0.25) is 0 Å². The second-order valence-corrected chi connectivity index (χ2v) is 18.2. The third-order valence-electron chi connectivity index (χ3n) is 10.1. The van der Waals surface area contributed by atoms with Gasteiger partial charge in [0.25, 0.3) is 0 Å². The van der Waals surface area contributed by atoms with Crippen LogP contribution in [0.15, 0.2) is 36.5 Å². The lowest BCUT2D eigenvalue weighted by Gasteiger charge is -2.26. The summed E-state index contributed by atoms with van der Waals surface area (Å²) in [5.41, 5.74) is 0. The minimum absolute atomic E-state index is 0.0729. The van der Waals surface area contributed by atoms with Crippen LogP contribution in [-0.4, -0.2) is 73.4 Å². The number of nitrogens with one attached hydrogen (secondary N) is 1. The fourth-order valence-electron chi connectivity index (χ4n) is 6.46. The van der Waals surface area contributed by atoms with Crippen molar-refractivity contribution in [1.29, 1.82) is 0 Å². The molecular weight excluding hydrogens is 707 g/mol. The molecule has 9 heteroatoms. The van der Waals surface area contributed by atoms with Gasteiger partial charge >= 0.3 is 7.82 Å². The maximum absolute atomic E-state index is 12.8. The average molecular weight is 798 g/mol. The number of allylic oxidation sites excluding steroid dienone is 6. The van der Waals surface area contributed by atoms with Gasteiger partial charge in [-0.15, -0.1) is 0 Å². The molecular formula is C46H90N2O6P+. The smallest absolute Gasteiger partial charge is 0.391 e. The lowest BCUT2D eigenvalue weighted by atomic mass is 10.0. The molecule has 1 amide bonds. The third kappa shape index (κ3) is 40.7. The summed E-state index contributed by atoms with van der Waals surface area (Å²) in [6.45, 7) is 4.83. The van der Waals surface area contributed by atoms with Crippen molar-refractivity contribution in [2.24, 2.45) is 0 Å². The van der Waals surface area contributed by atoms with Crippen molar-refractivity contribution in [2.75, 3.05) is 40.9 Å². The Kier molecular flexibility index (Phi) is 37.4. The van der Waals surface area contributed by atoms with Crippen LogP contribution in [0.4, 0.5) is 0 Å². The molecule has 0 saturated carbocycles. The van der Waals surface area contributed by atoms with Gasteiger partial charge in [0.1, 0.15) is 13.2 Å². The van der Waals surface area contributed by atoms with E-state index in [9.17, 15) is 19.4 Å². The molecule has 0 aromatic carbocycles. The lowest BCUT2D eigenvalue weighted by Crippen LogP contribution is -2.46. The number of aliphatic hydroxyl groups excluding tert-OH is 1. The zero-order valence-electron chi connectivity index (χ0n) is 36.7. The number of unbranched alkanes of at least 4 members (excludes halogenated alkanes) is 22. The number of phosphoric ester groups is 1. The molecule has 0 heterocycles. The van der Waals surface area contributed by atoms with Crippen LogP contribution in [-0.2, 0) is 18.4 Å². The van der Waals surface area contributed by atoms with Gasteiger partial charge < -0.3 is 19.8 Å². The summed E-state index contributed by atoms with van der Waals surface area (Å²) in [6, 6.07) is -0.759. The molecule has 0 fully saturated rings. The van der Waals surface area contributed by atoms with E-state index in [1.165, 1.54) is 122 Å². The van der Waals surface area contributed by atoms with Crippen LogP contribution >= 0.6 is 7.82 Å². The minimum atomic E-state index is -4.31. The predicted octanol–water partition coefficient (Wildman–Crippen LogP) is 12.7. The van der Waals surface area contributed by atoms with Gasteiger partial charge in [0.15, 0.2) is 0 Å². The number of carbonyl (C=O) groups excluding carboxylic acids is 1. The normalized spacial score (nSPS) is 14.7. The Labute approximate surface area is 340 Å². The maximum Gasteiger partial charge on any atom is 0.472 e. The zero-order valence-corrected chi connectivity index (χ0v) is 37.6. The van der Waals surface area contributed by atoms with E-state index in [2.05, 4.69) is 55.6 Å². The summed E-state index contributed by atoms with van der Waals surface area (Å²) in [6.07, 6.45) is 46.2. The summed E-state index contributed by atoms with van der Waals surface area (Å²) in [5, 5.41) is 13.9. The number of nitrogens with zero attached hydrogens (tertiary/aromatic N) is 1. The van der Waals surface area contributed by atoms with Crippen LogP contribution in [0.3, 0.4) is 0 Å². The molecule has 0 aliphatic rings. The van der Waals surface area contributed by atoms with E-state index in [0.29, 0.717) is 23.9 Å². The van der Waals surface area contributed by atoms with Crippen molar-refractivity contribution in [3.8, 4) is 0 Å². The summed E-state index contributed by atoms with van der Waals surface area (Å²) < 4.78 is 23.5. The van der Waals surface area contributed by atoms with Gasteiger partial charge in [-0.05, 0) is 51.4 Å². The summed E-state index contributed by atoms with van der Waals surface area (Å²) in [5.74, 6) is -0.153. The molecule has 0 saturated heterocycles. The fraction of sp³-hybridized carbons (Fsp3) is 0.848. The second kappa shape index (κ2) is 38.2. The highest BCUT2D eigenvalue weighted by Crippen LogP contribution is 2.43. The van der Waals surface area contributed by atoms with E-state index in [1.807, 2.05) is 21.1 Å². The van der Waals surface area contributed by atoms with Crippen LogP contribution < -0.4 is 5.32 Å². The van der Waals surface area contributed by atoms with Crippen LogP contribution in [0.1, 0.15) is 200 Å². The van der Waals surface area contributed by atoms with Crippen molar-refractivity contribution in [2.45, 2.75) is 212 Å². The molecule has 55 heavy (non-hydrogen) atoms. The SMILES string of the molecule is CCCCCCC/C=C\C/C=C\C/C=C\CCCCCCCCCCCCC(=O)NC(COP(=O)(O)OCC[N+](C)(C)C)C(O)CCCCCCCCCC. The first-order valence-corrected chi connectivity index (χ1v) is 24.3. The predicted molar refractivity (Wildman–Crippen MR) is 235 cm³/mol. The quantitative estimate of drug-likeness (QED) is 0.0246. The molecule has 3 atom stereocenters. The summed E-state index contributed by atoms with van der Waals surface area (Å²) in [4.78, 5) is 23.1. The van der Waals surface area contributed by atoms with E-state index in [-0.39, 0.29) is 19.1 Å². The van der Waals surface area contributed by atoms with E-state index >= 15 is 0 Å². The topological polar surface area (TPSA) is 105 Å². The number of rotatable bonds is 41. The number of phosphoric acid groups is 1. The Morgan fingerprint density at radius 1 is 0.618 bits per heavy atom. The van der Waals surface area contributed by atoms with Gasteiger partial charge in [0.05, 0.1) is 39.9 Å². The highest BCUT2D eigenvalue weighted by Gasteiger charge is 2.28. The van der Waals surface area contributed by atoms with Crippen LogP contribution in [0, 0.1) is 0 Å². The first-order chi connectivity index (χ1) is 26.5. The van der Waals surface area contributed by atoms with Gasteiger partial charge in [0, 0.05) is 6.42 Å². The molecule has 0 radical (unpaired) electrons. The highest BCUT2D eigenvalue weighted by atomic mass is 31.2. The molecule has 0 aliphatic heterocycles. The lowest BCUT2D eigenvalue weighted by molar-refractivity contribution is -0.870. The van der Waals surface area contributed by atoms with Crippen molar-refractivity contribution in [3.05, 3.63) is 36.5 Å². The molecule has 324 valence electrons. The summed E-state index contributed by atoms with van der Waals surface area (Å²) >= 11 is 0. The maximum atomic E-state index is 12.8. The second-order valence-electron chi connectivity index (χ2n) is 16.8. The van der Waals surface area contributed by atoms with E-state index in [1.54, 1.807) is 0 Å². The van der Waals surface area contributed by atoms with E-state index in [0.717, 1.165) is 51.4 Å². The van der Waals surface area contributed by atoms with Gasteiger partial charge in [-0.1, -0.05) is 179 Å². The van der Waals surface area contributed by atoms with Gasteiger partial charge in [-0.3, -0.25) is 13.8 Å². The Balaban J connectivity index is 4.14. The molecule has 0 spiro atoms. The molecule has 8 nitrogen and oxygen atoms in total. The first kappa shape index (κ1) is 53.7. The van der Waals surface area contributed by atoms with Crippen LogP contribution in [0.25, 0.3) is 0 Å². The van der Waals surface area contributed by atoms with Crippen molar-refractivity contribution in [1.82, 2.24) is 5.32 Å². The number of aliphatic hydroxyl groups is 1. The molecule has 0 rings (SSSR count). The number of hydrogen-bond acceptors (Lipinski definition) is 5. The Hall–Kier alpha value is -1.28. The molecule has 0 bridgehead atoms. The molecule has 3 N–H and O–H groups in total. The standard InChI is InChI=1S/C46H89N2O6P/c1-6-8-10-12-14-16-17-18-19-20-21-22-23-24-25-26-27-28-29-30-31-32-34-36-38-40-46(50)47-44(43-54-55(51,52)53-42-41-48(3,4)5)45(49)39-37-35-33-15-13-11-9-7-2/h17-18,20-21,23-24,44-45,49H,6-16,19,22,25-43H2,1-5H3,(H-,47,50,51,52)/p+1/b18-17-,21-20-,24-23-. The fourth-order valence-corrected chi connectivity index (χ4v) is 7.20. The highest BCUT2D eigenvalue weighted by molar-refractivity contribution is 7.47. The number of amides is 1. The van der Waals surface area contributed by atoms with Gasteiger partial charge in [0.2, 0.25) is 5.91 Å². The molecule has 0 aromatic rings. The summed E-state index contributed by atoms with van der Waals surface area (Å²) in [7, 11) is 1.61.